The average molecular weight is 384 g/mol. The minimum Gasteiger partial charge on any atom is -0.290 e. The predicted octanol–water partition coefficient (Wildman–Crippen LogP) is 5.38. The van der Waals surface area contributed by atoms with Gasteiger partial charge < -0.3 is 0 Å². The van der Waals surface area contributed by atoms with Crippen LogP contribution in [-0.4, -0.2) is 15.2 Å². The van der Waals surface area contributed by atoms with Gasteiger partial charge in [-0.25, -0.2) is 18.2 Å². The molecule has 0 amide bonds. The zero-order valence-corrected chi connectivity index (χ0v) is 14.5. The summed E-state index contributed by atoms with van der Waals surface area (Å²) in [6.45, 7) is 0. The molecular weight excluding hydrogens is 373 g/mol. The lowest BCUT2D eigenvalue weighted by Crippen LogP contribution is -1.97. The molecule has 4 rings (SSSR count). The molecule has 0 fully saturated rings. The van der Waals surface area contributed by atoms with Crippen LogP contribution in [0.4, 0.5) is 13.2 Å². The van der Waals surface area contributed by atoms with E-state index in [2.05, 4.69) is 4.98 Å². The first-order valence-corrected chi connectivity index (χ1v) is 8.79. The minimum absolute atomic E-state index is 0.0850. The molecule has 2 aromatic heterocycles. The van der Waals surface area contributed by atoms with Crippen molar-refractivity contribution in [2.75, 3.05) is 0 Å². The van der Waals surface area contributed by atoms with Crippen molar-refractivity contribution in [1.82, 2.24) is 9.38 Å². The Labute approximate surface area is 156 Å². The summed E-state index contributed by atoms with van der Waals surface area (Å²) in [6.07, 6.45) is 4.57. The summed E-state index contributed by atoms with van der Waals surface area (Å²) in [4.78, 5) is 17.5. The van der Waals surface area contributed by atoms with Crippen molar-refractivity contribution >= 4 is 28.2 Å². The fraction of sp³-hybridized carbons (Fsp3) is 0. The summed E-state index contributed by atoms with van der Waals surface area (Å²) in [7, 11) is 0. The SMILES string of the molecule is O=C(/C=C/c1c(-c2ccc(F)cc2)nc2sccn12)c1cc(F)cc(F)c1. The molecule has 3 nitrogen and oxygen atoms in total. The Hall–Kier alpha value is -3.19. The van der Waals surface area contributed by atoms with E-state index in [0.29, 0.717) is 28.0 Å². The van der Waals surface area contributed by atoms with E-state index >= 15 is 0 Å². The highest BCUT2D eigenvalue weighted by Gasteiger charge is 2.14. The van der Waals surface area contributed by atoms with Crippen molar-refractivity contribution in [2.24, 2.45) is 0 Å². The number of allylic oxidation sites excluding steroid dienone is 1. The van der Waals surface area contributed by atoms with Crippen LogP contribution < -0.4 is 0 Å². The van der Waals surface area contributed by atoms with Gasteiger partial charge >= 0.3 is 0 Å². The second-order valence-electron chi connectivity index (χ2n) is 5.76. The standard InChI is InChI=1S/C20H11F3N2OS/c21-14-3-1-12(2-4-14)19-17(25-7-8-27-20(25)24-19)5-6-18(26)13-9-15(22)11-16(23)10-13/h1-11H/b6-5+. The van der Waals surface area contributed by atoms with Gasteiger partial charge in [-0.1, -0.05) is 0 Å². The lowest BCUT2D eigenvalue weighted by molar-refractivity contribution is 0.104. The third kappa shape index (κ3) is 3.41. The molecule has 2 heterocycles. The van der Waals surface area contributed by atoms with E-state index < -0.39 is 17.4 Å². The first-order valence-electron chi connectivity index (χ1n) is 7.91. The van der Waals surface area contributed by atoms with Gasteiger partial charge in [0.1, 0.15) is 17.5 Å². The Kier molecular flexibility index (Phi) is 4.37. The lowest BCUT2D eigenvalue weighted by atomic mass is 10.1. The number of aromatic nitrogens is 2. The Morgan fingerprint density at radius 3 is 2.41 bits per heavy atom. The number of fused-ring (bicyclic) bond motifs is 1. The monoisotopic (exact) mass is 384 g/mol. The van der Waals surface area contributed by atoms with Crippen LogP contribution in [0.25, 0.3) is 22.3 Å². The van der Waals surface area contributed by atoms with Gasteiger partial charge in [-0.2, -0.15) is 0 Å². The van der Waals surface area contributed by atoms with Crippen LogP contribution in [0.2, 0.25) is 0 Å². The van der Waals surface area contributed by atoms with Crippen molar-refractivity contribution in [3.63, 3.8) is 0 Å². The number of hydrogen-bond acceptors (Lipinski definition) is 3. The number of carbonyl (C=O) groups excluding carboxylic acids is 1. The average Bonchev–Trinajstić information content (AvgIpc) is 3.21. The summed E-state index contributed by atoms with van der Waals surface area (Å²) < 4.78 is 41.7. The number of nitrogens with zero attached hydrogens (tertiary/aromatic N) is 2. The number of carbonyl (C=O) groups is 1. The van der Waals surface area contributed by atoms with Gasteiger partial charge in [0.05, 0.1) is 11.4 Å². The molecule has 7 heteroatoms. The molecule has 4 aromatic rings. The molecule has 0 saturated carbocycles. The van der Waals surface area contributed by atoms with E-state index in [1.807, 2.05) is 5.38 Å². The molecule has 0 spiro atoms. The van der Waals surface area contributed by atoms with Gasteiger partial charge in [0.25, 0.3) is 0 Å². The Balaban J connectivity index is 1.75. The van der Waals surface area contributed by atoms with Crippen LogP contribution in [0.15, 0.2) is 60.1 Å². The summed E-state index contributed by atoms with van der Waals surface area (Å²) >= 11 is 1.41. The molecule has 0 unspecified atom stereocenters. The van der Waals surface area contributed by atoms with E-state index in [0.717, 1.165) is 12.1 Å². The van der Waals surface area contributed by atoms with Crippen LogP contribution >= 0.6 is 11.3 Å². The third-order valence-corrected chi connectivity index (χ3v) is 4.71. The van der Waals surface area contributed by atoms with Crippen LogP contribution in [0.5, 0.6) is 0 Å². The number of rotatable bonds is 4. The fourth-order valence-corrected chi connectivity index (χ4v) is 3.45. The van der Waals surface area contributed by atoms with Crippen molar-refractivity contribution in [3.05, 3.63) is 88.8 Å². The van der Waals surface area contributed by atoms with E-state index in [9.17, 15) is 18.0 Å². The quantitative estimate of drug-likeness (QED) is 0.350. The summed E-state index contributed by atoms with van der Waals surface area (Å²) in [5, 5.41) is 1.85. The molecule has 0 aliphatic rings. The second-order valence-corrected chi connectivity index (χ2v) is 6.64. The molecule has 134 valence electrons. The van der Waals surface area contributed by atoms with Gasteiger partial charge in [0.15, 0.2) is 10.7 Å². The van der Waals surface area contributed by atoms with Gasteiger partial charge in [-0.05, 0) is 48.6 Å². The number of thiazole rings is 1. The highest BCUT2D eigenvalue weighted by atomic mass is 32.1. The van der Waals surface area contributed by atoms with Crippen molar-refractivity contribution in [2.45, 2.75) is 0 Å². The van der Waals surface area contributed by atoms with Crippen LogP contribution in [0, 0.1) is 17.5 Å². The summed E-state index contributed by atoms with van der Waals surface area (Å²) in [5.74, 6) is -2.53. The molecule has 2 aromatic carbocycles. The van der Waals surface area contributed by atoms with Crippen LogP contribution in [0.1, 0.15) is 16.1 Å². The molecule has 0 radical (unpaired) electrons. The fourth-order valence-electron chi connectivity index (χ4n) is 2.73. The third-order valence-electron chi connectivity index (χ3n) is 3.96. The van der Waals surface area contributed by atoms with E-state index in [4.69, 9.17) is 0 Å². The van der Waals surface area contributed by atoms with E-state index in [-0.39, 0.29) is 11.4 Å². The van der Waals surface area contributed by atoms with E-state index in [1.54, 1.807) is 22.7 Å². The first-order chi connectivity index (χ1) is 13.0. The number of halogens is 3. The molecule has 27 heavy (non-hydrogen) atoms. The number of hydrogen-bond donors (Lipinski definition) is 0. The Bertz CT molecular complexity index is 1160. The highest BCUT2D eigenvalue weighted by molar-refractivity contribution is 7.15. The van der Waals surface area contributed by atoms with Crippen LogP contribution in [0.3, 0.4) is 0 Å². The molecule has 0 N–H and O–H groups in total. The molecule has 0 bridgehead atoms. The molecular formula is C20H11F3N2OS. The topological polar surface area (TPSA) is 34.4 Å². The molecule has 0 saturated heterocycles. The second kappa shape index (κ2) is 6.85. The number of ketones is 1. The minimum atomic E-state index is -0.816. The summed E-state index contributed by atoms with van der Waals surface area (Å²) in [5.41, 5.74) is 1.80. The van der Waals surface area contributed by atoms with Gasteiger partial charge in [0, 0.05) is 28.8 Å². The van der Waals surface area contributed by atoms with Gasteiger partial charge in [-0.15, -0.1) is 11.3 Å². The smallest absolute Gasteiger partial charge is 0.194 e. The number of imidazole rings is 1. The van der Waals surface area contributed by atoms with Gasteiger partial charge in [0.2, 0.25) is 0 Å². The Morgan fingerprint density at radius 1 is 1.00 bits per heavy atom. The molecule has 0 aliphatic heterocycles. The Morgan fingerprint density at radius 2 is 1.70 bits per heavy atom. The highest BCUT2D eigenvalue weighted by Crippen LogP contribution is 2.28. The maximum absolute atomic E-state index is 13.3. The lowest BCUT2D eigenvalue weighted by Gasteiger charge is -2.01. The largest absolute Gasteiger partial charge is 0.290 e. The first kappa shape index (κ1) is 17.2. The van der Waals surface area contributed by atoms with Crippen LogP contribution in [-0.2, 0) is 0 Å². The van der Waals surface area contributed by atoms with Gasteiger partial charge in [-0.3, -0.25) is 9.20 Å². The van der Waals surface area contributed by atoms with Crippen molar-refractivity contribution in [1.29, 1.82) is 0 Å². The summed E-state index contributed by atoms with van der Waals surface area (Å²) in [6, 6.07) is 8.53. The van der Waals surface area contributed by atoms with E-state index in [1.165, 1.54) is 35.6 Å². The van der Waals surface area contributed by atoms with Crippen molar-refractivity contribution < 1.29 is 18.0 Å². The van der Waals surface area contributed by atoms with Crippen molar-refractivity contribution in [3.8, 4) is 11.3 Å². The molecule has 0 aliphatic carbocycles. The maximum atomic E-state index is 13.3. The molecule has 0 atom stereocenters. The zero-order chi connectivity index (χ0) is 19.0. The number of benzene rings is 2. The normalized spacial score (nSPS) is 11.5. The zero-order valence-electron chi connectivity index (χ0n) is 13.7. The predicted molar refractivity (Wildman–Crippen MR) is 98.2 cm³/mol. The maximum Gasteiger partial charge on any atom is 0.194 e.